The molecule has 0 aliphatic heterocycles. The van der Waals surface area contributed by atoms with Crippen LogP contribution in [0.4, 0.5) is 0 Å². The Morgan fingerprint density at radius 1 is 0.727 bits per heavy atom. The van der Waals surface area contributed by atoms with Gasteiger partial charge in [0.1, 0.15) is 0 Å². The molecular weight excluding hydrogens is 396 g/mol. The first-order valence-electron chi connectivity index (χ1n) is 14.3. The average molecular weight is 445 g/mol. The third-order valence-corrected chi connectivity index (χ3v) is 9.14. The van der Waals surface area contributed by atoms with E-state index in [9.17, 15) is 0 Å². The molecule has 2 atom stereocenters. The van der Waals surface area contributed by atoms with Gasteiger partial charge in [-0.05, 0) is 118 Å². The van der Waals surface area contributed by atoms with Gasteiger partial charge in [-0.2, -0.15) is 0 Å². The molecule has 3 aliphatic rings. The molecule has 0 heterocycles. The normalized spacial score (nSPS) is 32.8. The molecule has 33 heavy (non-hydrogen) atoms. The van der Waals surface area contributed by atoms with Crippen molar-refractivity contribution in [3.05, 3.63) is 72.4 Å². The molecule has 0 radical (unpaired) electrons. The van der Waals surface area contributed by atoms with Gasteiger partial charge in [0.15, 0.2) is 0 Å². The Morgan fingerprint density at radius 2 is 1.39 bits per heavy atom. The average Bonchev–Trinajstić information content (AvgIpc) is 2.89. The highest BCUT2D eigenvalue weighted by molar-refractivity contribution is 5.29. The van der Waals surface area contributed by atoms with Crippen molar-refractivity contribution in [3.63, 3.8) is 0 Å². The van der Waals surface area contributed by atoms with E-state index in [-0.39, 0.29) is 0 Å². The van der Waals surface area contributed by atoms with Crippen LogP contribution in [0.3, 0.4) is 0 Å². The predicted octanol–water partition coefficient (Wildman–Crippen LogP) is 9.82. The molecular formula is C33H48. The monoisotopic (exact) mass is 444 g/mol. The van der Waals surface area contributed by atoms with Gasteiger partial charge in [0, 0.05) is 5.92 Å². The molecule has 0 bridgehead atoms. The zero-order chi connectivity index (χ0) is 22.9. The first-order valence-corrected chi connectivity index (χ1v) is 14.3. The third kappa shape index (κ3) is 7.21. The Balaban J connectivity index is 1.18. The number of aryl methyl sites for hydroxylation is 1. The Bertz CT molecular complexity index is 750. The van der Waals surface area contributed by atoms with Crippen LogP contribution in [0.2, 0.25) is 0 Å². The van der Waals surface area contributed by atoms with Crippen LogP contribution in [-0.4, -0.2) is 0 Å². The lowest BCUT2D eigenvalue weighted by molar-refractivity contribution is 0.166. The maximum absolute atomic E-state index is 4.01. The largest absolute Gasteiger partial charge is 0.103 e. The summed E-state index contributed by atoms with van der Waals surface area (Å²) in [5, 5.41) is 0. The van der Waals surface area contributed by atoms with Gasteiger partial charge in [-0.3, -0.25) is 0 Å². The molecule has 0 aromatic heterocycles. The minimum atomic E-state index is 0.617. The summed E-state index contributed by atoms with van der Waals surface area (Å²) < 4.78 is 0. The van der Waals surface area contributed by atoms with E-state index in [1.807, 2.05) is 0 Å². The SMILES string of the molecule is C=CC1CCC(C2CCC(C=CC3C=CC(c4ccc(CCCCC)cc4)CC3)CC2)CC1. The molecule has 1 aromatic rings. The molecule has 180 valence electrons. The van der Waals surface area contributed by atoms with Crippen LogP contribution >= 0.6 is 0 Å². The zero-order valence-electron chi connectivity index (χ0n) is 21.3. The van der Waals surface area contributed by atoms with Gasteiger partial charge in [-0.25, -0.2) is 0 Å². The van der Waals surface area contributed by atoms with Gasteiger partial charge in [0.05, 0.1) is 0 Å². The third-order valence-electron chi connectivity index (χ3n) is 9.14. The summed E-state index contributed by atoms with van der Waals surface area (Å²) in [4.78, 5) is 0. The van der Waals surface area contributed by atoms with Gasteiger partial charge in [0.2, 0.25) is 0 Å². The second-order valence-electron chi connectivity index (χ2n) is 11.4. The van der Waals surface area contributed by atoms with E-state index in [4.69, 9.17) is 0 Å². The van der Waals surface area contributed by atoms with Crippen LogP contribution in [0.25, 0.3) is 0 Å². The first-order chi connectivity index (χ1) is 16.2. The Morgan fingerprint density at radius 3 is 1.97 bits per heavy atom. The van der Waals surface area contributed by atoms with Crippen LogP contribution in [0, 0.1) is 29.6 Å². The number of rotatable bonds is 9. The van der Waals surface area contributed by atoms with Gasteiger partial charge in [0.25, 0.3) is 0 Å². The number of hydrogen-bond acceptors (Lipinski definition) is 0. The van der Waals surface area contributed by atoms with Gasteiger partial charge < -0.3 is 0 Å². The quantitative estimate of drug-likeness (QED) is 0.262. The van der Waals surface area contributed by atoms with Crippen molar-refractivity contribution < 1.29 is 0 Å². The van der Waals surface area contributed by atoms with Crippen molar-refractivity contribution in [1.29, 1.82) is 0 Å². The molecule has 2 fully saturated rings. The second kappa shape index (κ2) is 12.8. The summed E-state index contributed by atoms with van der Waals surface area (Å²) in [6, 6.07) is 9.50. The lowest BCUT2D eigenvalue weighted by atomic mass is 9.69. The smallest absolute Gasteiger partial charge is 0.00185 e. The van der Waals surface area contributed by atoms with Crippen LogP contribution in [0.5, 0.6) is 0 Å². The fraction of sp³-hybridized carbons (Fsp3) is 0.636. The molecule has 0 amide bonds. The van der Waals surface area contributed by atoms with E-state index in [0.29, 0.717) is 11.8 Å². The van der Waals surface area contributed by atoms with E-state index in [0.717, 1.165) is 23.7 Å². The molecule has 3 aliphatic carbocycles. The van der Waals surface area contributed by atoms with Crippen molar-refractivity contribution in [3.8, 4) is 0 Å². The van der Waals surface area contributed by atoms with Crippen molar-refractivity contribution in [2.45, 2.75) is 103 Å². The maximum atomic E-state index is 4.01. The topological polar surface area (TPSA) is 0 Å². The van der Waals surface area contributed by atoms with E-state index < -0.39 is 0 Å². The first kappa shape index (κ1) is 24.6. The molecule has 0 saturated heterocycles. The summed E-state index contributed by atoms with van der Waals surface area (Å²) in [7, 11) is 0. The van der Waals surface area contributed by atoms with E-state index in [2.05, 4.69) is 68.1 Å². The standard InChI is InChI=1S/C33H48/c1-3-5-6-7-27-12-20-31(21-13-27)33-24-16-29(17-25-33)9-8-28-14-22-32(23-15-28)30-18-10-26(4-2)11-19-30/h4,8-9,12-13,16,20-21,24,26,28-30,32-33H,2-3,5-7,10-11,14-15,17-19,22-23,25H2,1H3. The summed E-state index contributed by atoms with van der Waals surface area (Å²) >= 11 is 0. The van der Waals surface area contributed by atoms with Crippen molar-refractivity contribution >= 4 is 0 Å². The fourth-order valence-corrected chi connectivity index (χ4v) is 6.75. The lowest BCUT2D eigenvalue weighted by Gasteiger charge is -2.37. The number of hydrogen-bond donors (Lipinski definition) is 0. The van der Waals surface area contributed by atoms with Gasteiger partial charge >= 0.3 is 0 Å². The summed E-state index contributed by atoms with van der Waals surface area (Å²) in [6.07, 6.45) is 31.6. The minimum Gasteiger partial charge on any atom is -0.103 e. The van der Waals surface area contributed by atoms with Crippen LogP contribution < -0.4 is 0 Å². The van der Waals surface area contributed by atoms with Gasteiger partial charge in [-0.1, -0.05) is 74.4 Å². The molecule has 2 saturated carbocycles. The van der Waals surface area contributed by atoms with Crippen molar-refractivity contribution in [1.82, 2.24) is 0 Å². The second-order valence-corrected chi connectivity index (χ2v) is 11.4. The van der Waals surface area contributed by atoms with E-state index in [1.165, 1.54) is 101 Å². The Kier molecular flexibility index (Phi) is 9.51. The Hall–Kier alpha value is -1.56. The summed E-state index contributed by atoms with van der Waals surface area (Å²) in [6.45, 7) is 6.29. The molecule has 0 heteroatoms. The summed E-state index contributed by atoms with van der Waals surface area (Å²) in [5.74, 6) is 4.92. The Labute approximate surface area is 204 Å². The fourth-order valence-electron chi connectivity index (χ4n) is 6.75. The minimum absolute atomic E-state index is 0.617. The molecule has 2 unspecified atom stereocenters. The van der Waals surface area contributed by atoms with Crippen molar-refractivity contribution in [2.24, 2.45) is 29.6 Å². The molecule has 0 spiro atoms. The van der Waals surface area contributed by atoms with Crippen LogP contribution in [-0.2, 0) is 6.42 Å². The maximum Gasteiger partial charge on any atom is 0.00185 e. The van der Waals surface area contributed by atoms with E-state index in [1.54, 1.807) is 0 Å². The van der Waals surface area contributed by atoms with Crippen LogP contribution in [0.1, 0.15) is 107 Å². The molecule has 0 N–H and O–H groups in total. The predicted molar refractivity (Wildman–Crippen MR) is 145 cm³/mol. The van der Waals surface area contributed by atoms with Gasteiger partial charge in [-0.15, -0.1) is 6.58 Å². The number of unbranched alkanes of at least 4 members (excludes halogenated alkanes) is 2. The highest BCUT2D eigenvalue weighted by atomic mass is 14.3. The van der Waals surface area contributed by atoms with Crippen molar-refractivity contribution in [2.75, 3.05) is 0 Å². The highest BCUT2D eigenvalue weighted by Gasteiger charge is 2.29. The lowest BCUT2D eigenvalue weighted by Crippen LogP contribution is -2.25. The summed E-state index contributed by atoms with van der Waals surface area (Å²) in [5.41, 5.74) is 3.01. The molecule has 0 nitrogen and oxygen atoms in total. The highest BCUT2D eigenvalue weighted by Crippen LogP contribution is 2.42. The number of allylic oxidation sites excluding steroid dienone is 5. The van der Waals surface area contributed by atoms with Crippen LogP contribution in [0.15, 0.2) is 61.2 Å². The number of benzene rings is 1. The molecule has 4 rings (SSSR count). The molecule has 1 aromatic carbocycles. The zero-order valence-corrected chi connectivity index (χ0v) is 21.3. The van der Waals surface area contributed by atoms with E-state index >= 15 is 0 Å².